The van der Waals surface area contributed by atoms with Gasteiger partial charge >= 0.3 is 12.5 Å². The van der Waals surface area contributed by atoms with E-state index in [1.165, 1.54) is 41.7 Å². The summed E-state index contributed by atoms with van der Waals surface area (Å²) < 4.78 is 46.2. The number of thioether (sulfide) groups is 1. The van der Waals surface area contributed by atoms with E-state index < -0.39 is 42.0 Å². The topological polar surface area (TPSA) is 123 Å². The molecule has 0 saturated heterocycles. The van der Waals surface area contributed by atoms with Gasteiger partial charge in [-0.15, -0.1) is 13.2 Å². The van der Waals surface area contributed by atoms with Crippen LogP contribution in [-0.2, 0) is 9.53 Å². The molecule has 40 heavy (non-hydrogen) atoms. The van der Waals surface area contributed by atoms with Gasteiger partial charge in [-0.1, -0.05) is 11.8 Å². The van der Waals surface area contributed by atoms with Crippen molar-refractivity contribution < 1.29 is 37.0 Å². The molecule has 0 bridgehead atoms. The Morgan fingerprint density at radius 2 is 1.68 bits per heavy atom. The number of rotatable bonds is 11. The van der Waals surface area contributed by atoms with Crippen molar-refractivity contribution in [1.82, 2.24) is 20.2 Å². The van der Waals surface area contributed by atoms with Gasteiger partial charge in [-0.3, -0.25) is 14.6 Å². The second-order valence-corrected chi connectivity index (χ2v) is 9.05. The Morgan fingerprint density at radius 1 is 1.00 bits per heavy atom. The van der Waals surface area contributed by atoms with Gasteiger partial charge in [0.2, 0.25) is 0 Å². The lowest BCUT2D eigenvalue weighted by Crippen LogP contribution is -2.36. The van der Waals surface area contributed by atoms with Gasteiger partial charge in [-0.25, -0.2) is 9.78 Å². The third-order valence-corrected chi connectivity index (χ3v) is 6.41. The van der Waals surface area contributed by atoms with Gasteiger partial charge in [0, 0.05) is 37.4 Å². The molecule has 1 aromatic carbocycles. The predicted molar refractivity (Wildman–Crippen MR) is 141 cm³/mol. The average Bonchev–Trinajstić information content (AvgIpc) is 2.93. The first kappa shape index (κ1) is 30.2. The summed E-state index contributed by atoms with van der Waals surface area (Å²) in [6, 6.07) is 11.1. The number of hydrogen-bond acceptors (Lipinski definition) is 8. The van der Waals surface area contributed by atoms with Gasteiger partial charge in [0.25, 0.3) is 11.8 Å². The number of pyridine rings is 2. The van der Waals surface area contributed by atoms with Crippen molar-refractivity contribution in [2.45, 2.75) is 30.6 Å². The highest BCUT2D eigenvalue weighted by Crippen LogP contribution is 2.34. The summed E-state index contributed by atoms with van der Waals surface area (Å²) in [4.78, 5) is 47.5. The summed E-state index contributed by atoms with van der Waals surface area (Å²) in [5.41, 5.74) is 1.03. The Morgan fingerprint density at radius 3 is 2.30 bits per heavy atom. The first-order chi connectivity index (χ1) is 19.1. The minimum Gasteiger partial charge on any atom is -0.439 e. The summed E-state index contributed by atoms with van der Waals surface area (Å²) in [6.45, 7) is 3.93. The summed E-state index contributed by atoms with van der Waals surface area (Å²) in [5, 5.41) is 4.91. The molecule has 0 aliphatic heterocycles. The quantitative estimate of drug-likeness (QED) is 0.241. The number of carbonyl (C=O) groups is 3. The van der Waals surface area contributed by atoms with Crippen molar-refractivity contribution in [3.05, 3.63) is 78.2 Å². The van der Waals surface area contributed by atoms with Crippen LogP contribution in [0.15, 0.2) is 72.1 Å². The molecule has 1 unspecified atom stereocenters. The molecule has 0 aliphatic carbocycles. The third-order valence-electron chi connectivity index (χ3n) is 5.24. The van der Waals surface area contributed by atoms with E-state index in [9.17, 15) is 27.6 Å². The second-order valence-electron chi connectivity index (χ2n) is 7.96. The minimum absolute atomic E-state index is 0.157. The molecule has 3 aromatic rings. The lowest BCUT2D eigenvalue weighted by Gasteiger charge is -2.21. The minimum atomic E-state index is -4.83. The smallest absolute Gasteiger partial charge is 0.439 e. The van der Waals surface area contributed by atoms with Crippen molar-refractivity contribution in [3.63, 3.8) is 0 Å². The van der Waals surface area contributed by atoms with E-state index in [-0.39, 0.29) is 16.3 Å². The molecule has 0 radical (unpaired) electrons. The van der Waals surface area contributed by atoms with Crippen LogP contribution in [0.3, 0.4) is 0 Å². The van der Waals surface area contributed by atoms with Crippen LogP contribution in [0.2, 0.25) is 0 Å². The Balaban J connectivity index is 1.74. The Kier molecular flexibility index (Phi) is 10.7. The predicted octanol–water partition coefficient (Wildman–Crippen LogP) is 5.01. The molecule has 3 rings (SSSR count). The number of alkyl halides is 3. The molecule has 3 amide bonds. The molecule has 14 heteroatoms. The Labute approximate surface area is 232 Å². The first-order valence-corrected chi connectivity index (χ1v) is 12.9. The Hall–Kier alpha value is -4.33. The number of ether oxygens (including phenoxy) is 2. The van der Waals surface area contributed by atoms with Crippen LogP contribution < -0.4 is 15.4 Å². The highest BCUT2D eigenvalue weighted by Gasteiger charge is 2.31. The lowest BCUT2D eigenvalue weighted by molar-refractivity contribution is -0.274. The molecule has 0 spiro atoms. The highest BCUT2D eigenvalue weighted by molar-refractivity contribution is 7.99. The maximum absolute atomic E-state index is 13.1. The van der Waals surface area contributed by atoms with Crippen molar-refractivity contribution in [2.75, 3.05) is 25.0 Å². The van der Waals surface area contributed by atoms with E-state index in [4.69, 9.17) is 4.74 Å². The average molecular weight is 578 g/mol. The largest absolute Gasteiger partial charge is 0.573 e. The van der Waals surface area contributed by atoms with E-state index in [1.54, 1.807) is 32.0 Å². The lowest BCUT2D eigenvalue weighted by atomic mass is 10.2. The van der Waals surface area contributed by atoms with Crippen molar-refractivity contribution >= 4 is 35.4 Å². The van der Waals surface area contributed by atoms with Crippen LogP contribution in [0.25, 0.3) is 0 Å². The van der Waals surface area contributed by atoms with Gasteiger partial charge in [0.05, 0.1) is 5.56 Å². The van der Waals surface area contributed by atoms with E-state index in [0.717, 1.165) is 23.9 Å². The van der Waals surface area contributed by atoms with E-state index in [2.05, 4.69) is 25.3 Å². The zero-order valence-corrected chi connectivity index (χ0v) is 22.3. The van der Waals surface area contributed by atoms with Gasteiger partial charge in [0.15, 0.2) is 6.61 Å². The van der Waals surface area contributed by atoms with Crippen LogP contribution in [0.5, 0.6) is 5.75 Å². The maximum atomic E-state index is 13.1. The molecule has 1 atom stereocenters. The fourth-order valence-corrected chi connectivity index (χ4v) is 4.43. The Bertz CT molecular complexity index is 1290. The summed E-state index contributed by atoms with van der Waals surface area (Å²) >= 11 is 1.07. The van der Waals surface area contributed by atoms with E-state index in [0.29, 0.717) is 18.7 Å². The zero-order valence-electron chi connectivity index (χ0n) is 21.5. The standard InChI is InChI=1S/C26H26F3N5O5S/c1-3-34(4-2)25(37)38-16-21(35)33-23(17-11-14-30-15-12-17)40-24-20(6-5-13-31-24)22(36)32-18-7-9-19(10-8-18)39-26(27,28)29/h5-15,23H,3-4,16H2,1-2H3,(H,32,36)(H,33,35). The molecular weight excluding hydrogens is 551 g/mol. The summed E-state index contributed by atoms with van der Waals surface area (Å²) in [7, 11) is 0. The van der Waals surface area contributed by atoms with Crippen LogP contribution in [0.1, 0.15) is 35.1 Å². The molecule has 0 aliphatic rings. The molecule has 2 heterocycles. The van der Waals surface area contributed by atoms with Crippen LogP contribution >= 0.6 is 11.8 Å². The number of anilines is 1. The second kappa shape index (κ2) is 14.2. The summed E-state index contributed by atoms with van der Waals surface area (Å²) in [5.74, 6) is -1.58. The van der Waals surface area contributed by atoms with Gasteiger partial charge in [0.1, 0.15) is 16.1 Å². The molecule has 0 saturated carbocycles. The molecule has 212 valence electrons. The monoisotopic (exact) mass is 577 g/mol. The van der Waals surface area contributed by atoms with Crippen molar-refractivity contribution in [1.29, 1.82) is 0 Å². The van der Waals surface area contributed by atoms with Gasteiger partial charge < -0.3 is 25.0 Å². The molecule has 0 fully saturated rings. The zero-order chi connectivity index (χ0) is 29.1. The number of carbonyl (C=O) groups excluding carboxylic acids is 3. The fourth-order valence-electron chi connectivity index (χ4n) is 3.31. The number of benzene rings is 1. The molecule has 2 N–H and O–H groups in total. The van der Waals surface area contributed by atoms with Gasteiger partial charge in [-0.2, -0.15) is 0 Å². The van der Waals surface area contributed by atoms with Crippen molar-refractivity contribution in [3.8, 4) is 5.75 Å². The van der Waals surface area contributed by atoms with Gasteiger partial charge in [-0.05, 0) is 67.9 Å². The SMILES string of the molecule is CCN(CC)C(=O)OCC(=O)NC(Sc1ncccc1C(=O)Nc1ccc(OC(F)(F)F)cc1)c1ccncc1. The van der Waals surface area contributed by atoms with Crippen LogP contribution in [0, 0.1) is 0 Å². The number of aromatic nitrogens is 2. The van der Waals surface area contributed by atoms with Crippen molar-refractivity contribution in [2.24, 2.45) is 0 Å². The molecular formula is C26H26F3N5O5S. The number of hydrogen-bond donors (Lipinski definition) is 2. The molecule has 2 aromatic heterocycles. The number of nitrogens with one attached hydrogen (secondary N) is 2. The van der Waals surface area contributed by atoms with Crippen LogP contribution in [0.4, 0.5) is 23.7 Å². The maximum Gasteiger partial charge on any atom is 0.573 e. The van der Waals surface area contributed by atoms with E-state index in [1.807, 2.05) is 0 Å². The highest BCUT2D eigenvalue weighted by atomic mass is 32.2. The van der Waals surface area contributed by atoms with E-state index >= 15 is 0 Å². The normalized spacial score (nSPS) is 11.7. The number of halogens is 3. The third kappa shape index (κ3) is 9.15. The molecule has 10 nitrogen and oxygen atoms in total. The van der Waals surface area contributed by atoms with Crippen LogP contribution in [-0.4, -0.2) is 58.8 Å². The summed E-state index contributed by atoms with van der Waals surface area (Å²) in [6.07, 6.45) is -0.906. The number of nitrogens with zero attached hydrogens (tertiary/aromatic N) is 3. The number of amides is 3. The first-order valence-electron chi connectivity index (χ1n) is 12.0. The fraction of sp³-hybridized carbons (Fsp3) is 0.269.